The molecule has 1 aliphatic heterocycles. The fourth-order valence-corrected chi connectivity index (χ4v) is 4.08. The van der Waals surface area contributed by atoms with Gasteiger partial charge in [-0.3, -0.25) is 29.4 Å². The number of benzene rings is 2. The van der Waals surface area contributed by atoms with Gasteiger partial charge in [-0.1, -0.05) is 13.0 Å². The van der Waals surface area contributed by atoms with Crippen LogP contribution in [0.1, 0.15) is 29.3 Å². The van der Waals surface area contributed by atoms with Crippen LogP contribution in [0.5, 0.6) is 5.75 Å². The highest BCUT2D eigenvalue weighted by Gasteiger charge is 2.36. The van der Waals surface area contributed by atoms with Crippen molar-refractivity contribution in [2.75, 3.05) is 13.2 Å². The van der Waals surface area contributed by atoms with Gasteiger partial charge in [0.2, 0.25) is 0 Å². The molecule has 0 spiro atoms. The lowest BCUT2D eigenvalue weighted by Crippen LogP contribution is -2.33. The predicted octanol–water partition coefficient (Wildman–Crippen LogP) is 5.07. The SMILES string of the molecule is CCCOc1ccc(/C=C2\SC(=O)N(CC(=O)c3ccc([N+](=O)[O-])cc3)C2=O)cc1Br. The second-order valence-electron chi connectivity index (χ2n) is 6.53. The van der Waals surface area contributed by atoms with Crippen molar-refractivity contribution < 1.29 is 24.0 Å². The molecule has 1 heterocycles. The molecule has 0 atom stereocenters. The first kappa shape index (κ1) is 22.7. The number of carbonyl (C=O) groups is 3. The van der Waals surface area contributed by atoms with E-state index in [1.807, 2.05) is 6.92 Å². The number of rotatable bonds is 8. The zero-order valence-corrected chi connectivity index (χ0v) is 18.8. The molecule has 1 saturated heterocycles. The lowest BCUT2D eigenvalue weighted by Gasteiger charge is -2.11. The second-order valence-corrected chi connectivity index (χ2v) is 8.38. The van der Waals surface area contributed by atoms with Gasteiger partial charge in [0.25, 0.3) is 16.8 Å². The second kappa shape index (κ2) is 9.88. The first-order valence-corrected chi connectivity index (χ1v) is 10.9. The molecule has 0 aliphatic carbocycles. The summed E-state index contributed by atoms with van der Waals surface area (Å²) in [5.41, 5.74) is 0.728. The molecule has 1 fully saturated rings. The minimum Gasteiger partial charge on any atom is -0.492 e. The highest BCUT2D eigenvalue weighted by atomic mass is 79.9. The Morgan fingerprint density at radius 2 is 1.94 bits per heavy atom. The Morgan fingerprint density at radius 1 is 1.23 bits per heavy atom. The summed E-state index contributed by atoms with van der Waals surface area (Å²) in [7, 11) is 0. The number of nitro groups is 1. The number of Topliss-reactive ketones (excluding diaryl/α,β-unsaturated/α-hetero) is 1. The van der Waals surface area contributed by atoms with E-state index in [0.29, 0.717) is 17.9 Å². The molecule has 0 unspecified atom stereocenters. The molecule has 8 nitrogen and oxygen atoms in total. The lowest BCUT2D eigenvalue weighted by molar-refractivity contribution is -0.384. The van der Waals surface area contributed by atoms with E-state index < -0.39 is 28.4 Å². The number of thioether (sulfide) groups is 1. The Morgan fingerprint density at radius 3 is 2.55 bits per heavy atom. The third-order valence-electron chi connectivity index (χ3n) is 4.29. The maximum Gasteiger partial charge on any atom is 0.293 e. The van der Waals surface area contributed by atoms with Gasteiger partial charge in [-0.15, -0.1) is 0 Å². The van der Waals surface area contributed by atoms with Crippen LogP contribution in [0.3, 0.4) is 0 Å². The molecular weight excluding hydrogens is 488 g/mol. The van der Waals surface area contributed by atoms with Gasteiger partial charge in [0.1, 0.15) is 5.75 Å². The van der Waals surface area contributed by atoms with E-state index in [2.05, 4.69) is 15.9 Å². The maximum absolute atomic E-state index is 12.7. The fourth-order valence-electron chi connectivity index (χ4n) is 2.73. The highest BCUT2D eigenvalue weighted by molar-refractivity contribution is 9.10. The summed E-state index contributed by atoms with van der Waals surface area (Å²) in [4.78, 5) is 48.6. The highest BCUT2D eigenvalue weighted by Crippen LogP contribution is 2.34. The van der Waals surface area contributed by atoms with Crippen LogP contribution in [0.4, 0.5) is 10.5 Å². The van der Waals surface area contributed by atoms with E-state index in [1.165, 1.54) is 24.3 Å². The molecule has 2 amide bonds. The molecule has 0 N–H and O–H groups in total. The summed E-state index contributed by atoms with van der Waals surface area (Å²) in [5.74, 6) is -0.368. The molecule has 0 aromatic heterocycles. The summed E-state index contributed by atoms with van der Waals surface area (Å²) >= 11 is 4.18. The Hall–Kier alpha value is -2.98. The quantitative estimate of drug-likeness (QED) is 0.214. The van der Waals surface area contributed by atoms with Crippen LogP contribution in [0, 0.1) is 10.1 Å². The minimum absolute atomic E-state index is 0.150. The Labute approximate surface area is 190 Å². The monoisotopic (exact) mass is 504 g/mol. The van der Waals surface area contributed by atoms with E-state index in [1.54, 1.807) is 24.3 Å². The largest absolute Gasteiger partial charge is 0.492 e. The number of nitrogens with zero attached hydrogens (tertiary/aromatic N) is 2. The van der Waals surface area contributed by atoms with E-state index in [0.717, 1.165) is 27.6 Å². The fraction of sp³-hybridized carbons (Fsp3) is 0.190. The van der Waals surface area contributed by atoms with Gasteiger partial charge in [0, 0.05) is 17.7 Å². The van der Waals surface area contributed by atoms with Gasteiger partial charge in [0.15, 0.2) is 5.78 Å². The first-order valence-electron chi connectivity index (χ1n) is 9.25. The number of imide groups is 1. The van der Waals surface area contributed by atoms with Gasteiger partial charge in [-0.05, 0) is 70.0 Å². The molecular formula is C21H17BrN2O6S. The average molecular weight is 505 g/mol. The van der Waals surface area contributed by atoms with Gasteiger partial charge < -0.3 is 4.74 Å². The van der Waals surface area contributed by atoms with Crippen molar-refractivity contribution in [3.05, 3.63) is 73.1 Å². The summed E-state index contributed by atoms with van der Waals surface area (Å²) in [6, 6.07) is 10.3. The van der Waals surface area contributed by atoms with Gasteiger partial charge in [-0.2, -0.15) is 0 Å². The molecule has 10 heteroatoms. The summed E-state index contributed by atoms with van der Waals surface area (Å²) in [6.07, 6.45) is 2.45. The number of amides is 2. The number of non-ortho nitro benzene ring substituents is 1. The third kappa shape index (κ3) is 5.39. The Kier molecular flexibility index (Phi) is 7.24. The summed E-state index contributed by atoms with van der Waals surface area (Å²) in [6.45, 7) is 2.15. The third-order valence-corrected chi connectivity index (χ3v) is 5.82. The van der Waals surface area contributed by atoms with Gasteiger partial charge >= 0.3 is 0 Å². The molecule has 0 saturated carbocycles. The van der Waals surface area contributed by atoms with Crippen molar-refractivity contribution in [3.63, 3.8) is 0 Å². The smallest absolute Gasteiger partial charge is 0.293 e. The number of hydrogen-bond donors (Lipinski definition) is 0. The van der Waals surface area contributed by atoms with Crippen molar-refractivity contribution in [1.29, 1.82) is 0 Å². The van der Waals surface area contributed by atoms with Gasteiger partial charge in [0.05, 0.1) is 27.5 Å². The number of halogens is 1. The maximum atomic E-state index is 12.7. The van der Waals surface area contributed by atoms with Crippen LogP contribution in [-0.4, -0.2) is 39.9 Å². The van der Waals surface area contributed by atoms with Crippen LogP contribution < -0.4 is 4.74 Å². The standard InChI is InChI=1S/C21H17BrN2O6S/c1-2-9-30-18-8-3-13(10-16(18)22)11-19-20(26)23(21(27)31-19)12-17(25)14-4-6-15(7-5-14)24(28)29/h3-8,10-11H,2,9,12H2,1H3/b19-11-. The van der Waals surface area contributed by atoms with Crippen LogP contribution in [0.2, 0.25) is 0 Å². The Balaban J connectivity index is 1.72. The number of hydrogen-bond acceptors (Lipinski definition) is 7. The Bertz CT molecular complexity index is 1080. The van der Waals surface area contributed by atoms with Crippen LogP contribution >= 0.6 is 27.7 Å². The topological polar surface area (TPSA) is 107 Å². The number of carbonyl (C=O) groups excluding carboxylic acids is 3. The van der Waals surface area contributed by atoms with Gasteiger partial charge in [-0.25, -0.2) is 0 Å². The van der Waals surface area contributed by atoms with Crippen molar-refractivity contribution in [2.45, 2.75) is 13.3 Å². The summed E-state index contributed by atoms with van der Waals surface area (Å²) in [5, 5.41) is 10.2. The summed E-state index contributed by atoms with van der Waals surface area (Å²) < 4.78 is 6.32. The molecule has 2 aromatic carbocycles. The van der Waals surface area contributed by atoms with Crippen LogP contribution in [0.15, 0.2) is 51.8 Å². The molecule has 3 rings (SSSR count). The van der Waals surface area contributed by atoms with Crippen LogP contribution in [-0.2, 0) is 4.79 Å². The normalized spacial score (nSPS) is 14.9. The number of nitro benzene ring substituents is 1. The van der Waals surface area contributed by atoms with Crippen molar-refractivity contribution in [1.82, 2.24) is 4.90 Å². The average Bonchev–Trinajstić information content (AvgIpc) is 3.00. The minimum atomic E-state index is -0.573. The van der Waals surface area contributed by atoms with Crippen molar-refractivity contribution in [3.8, 4) is 5.75 Å². The zero-order chi connectivity index (χ0) is 22.5. The molecule has 2 aromatic rings. The zero-order valence-electron chi connectivity index (χ0n) is 16.4. The van der Waals surface area contributed by atoms with Crippen molar-refractivity contribution >= 4 is 56.4 Å². The number of ether oxygens (including phenoxy) is 1. The molecule has 0 bridgehead atoms. The lowest BCUT2D eigenvalue weighted by atomic mass is 10.1. The first-order chi connectivity index (χ1) is 14.8. The van der Waals surface area contributed by atoms with Crippen LogP contribution in [0.25, 0.3) is 6.08 Å². The molecule has 0 radical (unpaired) electrons. The van der Waals surface area contributed by atoms with Crippen molar-refractivity contribution in [2.24, 2.45) is 0 Å². The molecule has 160 valence electrons. The molecule has 1 aliphatic rings. The predicted molar refractivity (Wildman–Crippen MR) is 120 cm³/mol. The van der Waals surface area contributed by atoms with E-state index in [4.69, 9.17) is 4.74 Å². The van der Waals surface area contributed by atoms with E-state index in [9.17, 15) is 24.5 Å². The number of ketones is 1. The van der Waals surface area contributed by atoms with E-state index >= 15 is 0 Å². The molecule has 31 heavy (non-hydrogen) atoms. The van der Waals surface area contributed by atoms with E-state index in [-0.39, 0.29) is 16.2 Å².